The summed E-state index contributed by atoms with van der Waals surface area (Å²) in [5, 5.41) is 2.69. The first-order valence-electron chi connectivity index (χ1n) is 6.81. The summed E-state index contributed by atoms with van der Waals surface area (Å²) in [6, 6.07) is 9.66. The lowest BCUT2D eigenvalue weighted by Gasteiger charge is -2.13. The maximum atomic E-state index is 13.6. The van der Waals surface area contributed by atoms with Crippen LogP contribution in [0.15, 0.2) is 36.4 Å². The summed E-state index contributed by atoms with van der Waals surface area (Å²) >= 11 is 0. The van der Waals surface area contributed by atoms with E-state index in [1.165, 1.54) is 20.3 Å². The van der Waals surface area contributed by atoms with Gasteiger partial charge in [-0.1, -0.05) is 18.2 Å². The molecule has 0 aliphatic heterocycles. The van der Waals surface area contributed by atoms with Crippen LogP contribution in [0, 0.1) is 12.7 Å². The average Bonchev–Trinajstić information content (AvgIpc) is 2.53. The SMILES string of the molecule is COc1cc(C(=O)NCc2ccccc2F)c(OC)cc1C. The number of hydrogen-bond acceptors (Lipinski definition) is 3. The van der Waals surface area contributed by atoms with Crippen molar-refractivity contribution in [1.29, 1.82) is 0 Å². The molecule has 0 radical (unpaired) electrons. The van der Waals surface area contributed by atoms with E-state index in [1.54, 1.807) is 30.3 Å². The highest BCUT2D eigenvalue weighted by molar-refractivity contribution is 5.97. The summed E-state index contributed by atoms with van der Waals surface area (Å²) in [5.41, 5.74) is 1.64. The Morgan fingerprint density at radius 2 is 1.82 bits per heavy atom. The quantitative estimate of drug-likeness (QED) is 0.923. The van der Waals surface area contributed by atoms with Gasteiger partial charge in [-0.15, -0.1) is 0 Å². The zero-order valence-corrected chi connectivity index (χ0v) is 12.8. The molecule has 2 aromatic rings. The Hall–Kier alpha value is -2.56. The molecule has 0 atom stereocenters. The number of carbonyl (C=O) groups excluding carboxylic acids is 1. The molecule has 116 valence electrons. The Kier molecular flexibility index (Phi) is 4.99. The van der Waals surface area contributed by atoms with Crippen molar-refractivity contribution in [3.8, 4) is 11.5 Å². The van der Waals surface area contributed by atoms with E-state index < -0.39 is 0 Å². The first kappa shape index (κ1) is 15.8. The number of rotatable bonds is 5. The summed E-state index contributed by atoms with van der Waals surface area (Å²) in [7, 11) is 3.03. The first-order valence-corrected chi connectivity index (χ1v) is 6.81. The fraction of sp³-hybridized carbons (Fsp3) is 0.235. The number of amides is 1. The van der Waals surface area contributed by atoms with Gasteiger partial charge in [0.1, 0.15) is 17.3 Å². The second kappa shape index (κ2) is 6.93. The highest BCUT2D eigenvalue weighted by Crippen LogP contribution is 2.28. The van der Waals surface area contributed by atoms with Crippen LogP contribution in [-0.2, 0) is 6.54 Å². The van der Waals surface area contributed by atoms with Crippen molar-refractivity contribution in [2.75, 3.05) is 14.2 Å². The van der Waals surface area contributed by atoms with Crippen LogP contribution in [0.5, 0.6) is 11.5 Å². The molecule has 0 saturated heterocycles. The molecule has 2 rings (SSSR count). The molecule has 1 N–H and O–H groups in total. The van der Waals surface area contributed by atoms with Crippen LogP contribution in [0.4, 0.5) is 4.39 Å². The summed E-state index contributed by atoms with van der Waals surface area (Å²) in [5.74, 6) is 0.343. The topological polar surface area (TPSA) is 47.6 Å². The molecule has 0 spiro atoms. The molecule has 5 heteroatoms. The Morgan fingerprint density at radius 1 is 1.14 bits per heavy atom. The molecule has 1 amide bonds. The molecule has 0 saturated carbocycles. The minimum Gasteiger partial charge on any atom is -0.496 e. The molecule has 0 aliphatic rings. The molecular weight excluding hydrogens is 285 g/mol. The Morgan fingerprint density at radius 3 is 2.45 bits per heavy atom. The van der Waals surface area contributed by atoms with E-state index in [1.807, 2.05) is 6.92 Å². The highest BCUT2D eigenvalue weighted by atomic mass is 19.1. The smallest absolute Gasteiger partial charge is 0.255 e. The summed E-state index contributed by atoms with van der Waals surface area (Å²) in [4.78, 5) is 12.3. The van der Waals surface area contributed by atoms with Crippen LogP contribution in [0.1, 0.15) is 21.5 Å². The van der Waals surface area contributed by atoms with Gasteiger partial charge < -0.3 is 14.8 Å². The van der Waals surface area contributed by atoms with Crippen LogP contribution in [0.2, 0.25) is 0 Å². The van der Waals surface area contributed by atoms with E-state index in [-0.39, 0.29) is 18.3 Å². The van der Waals surface area contributed by atoms with Gasteiger partial charge in [-0.05, 0) is 30.7 Å². The van der Waals surface area contributed by atoms with Crippen molar-refractivity contribution in [2.24, 2.45) is 0 Å². The second-order valence-corrected chi connectivity index (χ2v) is 4.80. The van der Waals surface area contributed by atoms with E-state index in [0.29, 0.717) is 22.6 Å². The van der Waals surface area contributed by atoms with Crippen molar-refractivity contribution in [1.82, 2.24) is 5.32 Å². The third-order valence-electron chi connectivity index (χ3n) is 3.36. The number of carbonyl (C=O) groups is 1. The van der Waals surface area contributed by atoms with Crippen molar-refractivity contribution in [3.05, 3.63) is 58.9 Å². The van der Waals surface area contributed by atoms with Gasteiger partial charge in [-0.3, -0.25) is 4.79 Å². The number of hydrogen-bond donors (Lipinski definition) is 1. The lowest BCUT2D eigenvalue weighted by molar-refractivity contribution is 0.0947. The van der Waals surface area contributed by atoms with E-state index in [0.717, 1.165) is 5.56 Å². The fourth-order valence-electron chi connectivity index (χ4n) is 2.14. The van der Waals surface area contributed by atoms with Gasteiger partial charge in [0.25, 0.3) is 5.91 Å². The van der Waals surface area contributed by atoms with Crippen molar-refractivity contribution in [2.45, 2.75) is 13.5 Å². The lowest BCUT2D eigenvalue weighted by Crippen LogP contribution is -2.24. The molecular formula is C17H18FNO3. The maximum absolute atomic E-state index is 13.6. The minimum absolute atomic E-state index is 0.102. The van der Waals surface area contributed by atoms with Crippen LogP contribution in [-0.4, -0.2) is 20.1 Å². The van der Waals surface area contributed by atoms with Gasteiger partial charge in [0.2, 0.25) is 0 Å². The molecule has 22 heavy (non-hydrogen) atoms. The van der Waals surface area contributed by atoms with E-state index in [9.17, 15) is 9.18 Å². The maximum Gasteiger partial charge on any atom is 0.255 e. The number of nitrogens with one attached hydrogen (secondary N) is 1. The van der Waals surface area contributed by atoms with Gasteiger partial charge in [-0.25, -0.2) is 4.39 Å². The zero-order valence-electron chi connectivity index (χ0n) is 12.8. The van der Waals surface area contributed by atoms with Gasteiger partial charge in [-0.2, -0.15) is 0 Å². The normalized spacial score (nSPS) is 10.2. The molecule has 0 aliphatic carbocycles. The predicted octanol–water partition coefficient (Wildman–Crippen LogP) is 3.08. The van der Waals surface area contributed by atoms with E-state index >= 15 is 0 Å². The lowest BCUT2D eigenvalue weighted by atomic mass is 10.1. The largest absolute Gasteiger partial charge is 0.496 e. The molecule has 2 aromatic carbocycles. The molecule has 0 fully saturated rings. The van der Waals surface area contributed by atoms with E-state index in [4.69, 9.17) is 9.47 Å². The highest BCUT2D eigenvalue weighted by Gasteiger charge is 2.16. The van der Waals surface area contributed by atoms with Crippen molar-refractivity contribution < 1.29 is 18.7 Å². The van der Waals surface area contributed by atoms with Crippen LogP contribution in [0.3, 0.4) is 0 Å². The zero-order chi connectivity index (χ0) is 16.1. The first-order chi connectivity index (χ1) is 10.6. The van der Waals surface area contributed by atoms with Crippen molar-refractivity contribution >= 4 is 5.91 Å². The summed E-state index contributed by atoms with van der Waals surface area (Å²) < 4.78 is 24.0. The van der Waals surface area contributed by atoms with Gasteiger partial charge in [0, 0.05) is 12.1 Å². The Bertz CT molecular complexity index is 686. The minimum atomic E-state index is -0.351. The second-order valence-electron chi connectivity index (χ2n) is 4.80. The summed E-state index contributed by atoms with van der Waals surface area (Å²) in [6.07, 6.45) is 0. The number of methoxy groups -OCH3 is 2. The fourth-order valence-corrected chi connectivity index (χ4v) is 2.14. The average molecular weight is 303 g/mol. The number of aryl methyl sites for hydroxylation is 1. The van der Waals surface area contributed by atoms with Gasteiger partial charge in [0.05, 0.1) is 19.8 Å². The standard InChI is InChI=1S/C17H18FNO3/c1-11-8-16(22-3)13(9-15(11)21-2)17(20)19-10-12-6-4-5-7-14(12)18/h4-9H,10H2,1-3H3,(H,19,20). The number of benzene rings is 2. The molecule has 0 aromatic heterocycles. The Labute approximate surface area is 128 Å². The number of halogens is 1. The molecule has 0 heterocycles. The van der Waals surface area contributed by atoms with E-state index in [2.05, 4.69) is 5.32 Å². The molecule has 0 unspecified atom stereocenters. The van der Waals surface area contributed by atoms with Crippen LogP contribution in [0.25, 0.3) is 0 Å². The third kappa shape index (κ3) is 3.36. The summed E-state index contributed by atoms with van der Waals surface area (Å²) in [6.45, 7) is 1.97. The van der Waals surface area contributed by atoms with Gasteiger partial charge >= 0.3 is 0 Å². The van der Waals surface area contributed by atoms with Crippen molar-refractivity contribution in [3.63, 3.8) is 0 Å². The number of ether oxygens (including phenoxy) is 2. The van der Waals surface area contributed by atoms with Crippen LogP contribution < -0.4 is 14.8 Å². The third-order valence-corrected chi connectivity index (χ3v) is 3.36. The molecule has 0 bridgehead atoms. The predicted molar refractivity (Wildman–Crippen MR) is 81.9 cm³/mol. The Balaban J connectivity index is 2.20. The monoisotopic (exact) mass is 303 g/mol. The van der Waals surface area contributed by atoms with Gasteiger partial charge in [0.15, 0.2) is 0 Å². The molecule has 4 nitrogen and oxygen atoms in total. The van der Waals surface area contributed by atoms with Crippen LogP contribution >= 0.6 is 0 Å².